The fourth-order valence-electron chi connectivity index (χ4n) is 2.09. The zero-order valence-electron chi connectivity index (χ0n) is 12.1. The fourth-order valence-corrected chi connectivity index (χ4v) is 2.09. The van der Waals surface area contributed by atoms with Crippen molar-refractivity contribution in [2.24, 2.45) is 5.92 Å². The third-order valence-corrected chi connectivity index (χ3v) is 3.42. The van der Waals surface area contributed by atoms with Crippen molar-refractivity contribution in [2.75, 3.05) is 6.61 Å². The van der Waals surface area contributed by atoms with Crippen molar-refractivity contribution in [2.45, 2.75) is 45.3 Å². The minimum atomic E-state index is -0.505. The lowest BCUT2D eigenvalue weighted by molar-refractivity contribution is -0.0445. The smallest absolute Gasteiger partial charge is 0.0864 e. The summed E-state index contributed by atoms with van der Waals surface area (Å²) in [7, 11) is 0. The minimum Gasteiger partial charge on any atom is -0.390 e. The number of hydrogen-bond acceptors (Lipinski definition) is 2. The molecule has 0 unspecified atom stereocenters. The lowest BCUT2D eigenvalue weighted by atomic mass is 9.91. The molecule has 1 aromatic carbocycles. The van der Waals surface area contributed by atoms with Crippen LogP contribution in [0.5, 0.6) is 0 Å². The quantitative estimate of drug-likeness (QED) is 0.544. The maximum absolute atomic E-state index is 10.3. The molecule has 1 rings (SSSR count). The van der Waals surface area contributed by atoms with Gasteiger partial charge in [0.05, 0.1) is 12.2 Å². The SMILES string of the molecule is C=C[C@H](Cc1ccccc1)[C@@H](O)[C@H](C)OCCCC. The summed E-state index contributed by atoms with van der Waals surface area (Å²) < 4.78 is 5.67. The van der Waals surface area contributed by atoms with E-state index in [2.05, 4.69) is 25.6 Å². The molecular formula is C17H26O2. The Labute approximate surface area is 117 Å². The van der Waals surface area contributed by atoms with E-state index in [1.807, 2.05) is 31.2 Å². The molecule has 0 saturated carbocycles. The third kappa shape index (κ3) is 5.58. The van der Waals surface area contributed by atoms with Crippen molar-refractivity contribution < 1.29 is 9.84 Å². The molecule has 1 aromatic rings. The molecule has 0 spiro atoms. The molecule has 0 heterocycles. The van der Waals surface area contributed by atoms with E-state index in [0.29, 0.717) is 6.61 Å². The molecule has 0 bridgehead atoms. The number of hydrogen-bond donors (Lipinski definition) is 1. The highest BCUT2D eigenvalue weighted by atomic mass is 16.5. The summed E-state index contributed by atoms with van der Waals surface area (Å²) in [5.41, 5.74) is 1.22. The van der Waals surface area contributed by atoms with Crippen LogP contribution in [0.25, 0.3) is 0 Å². The molecule has 0 fully saturated rings. The van der Waals surface area contributed by atoms with Crippen molar-refractivity contribution in [3.63, 3.8) is 0 Å². The first-order valence-corrected chi connectivity index (χ1v) is 7.15. The highest BCUT2D eigenvalue weighted by Gasteiger charge is 2.23. The van der Waals surface area contributed by atoms with Crippen LogP contribution in [0.15, 0.2) is 43.0 Å². The van der Waals surface area contributed by atoms with Gasteiger partial charge in [0.1, 0.15) is 0 Å². The van der Waals surface area contributed by atoms with Gasteiger partial charge in [0.2, 0.25) is 0 Å². The normalized spacial score (nSPS) is 15.7. The summed E-state index contributed by atoms with van der Waals surface area (Å²) in [4.78, 5) is 0. The predicted molar refractivity (Wildman–Crippen MR) is 80.2 cm³/mol. The molecule has 0 aliphatic rings. The monoisotopic (exact) mass is 262 g/mol. The van der Waals surface area contributed by atoms with E-state index >= 15 is 0 Å². The molecule has 0 amide bonds. The Bertz CT molecular complexity index is 348. The van der Waals surface area contributed by atoms with E-state index in [1.54, 1.807) is 0 Å². The highest BCUT2D eigenvalue weighted by Crippen LogP contribution is 2.18. The van der Waals surface area contributed by atoms with Gasteiger partial charge >= 0.3 is 0 Å². The van der Waals surface area contributed by atoms with Gasteiger partial charge in [-0.1, -0.05) is 49.8 Å². The zero-order valence-corrected chi connectivity index (χ0v) is 12.1. The van der Waals surface area contributed by atoms with Crippen molar-refractivity contribution in [1.82, 2.24) is 0 Å². The van der Waals surface area contributed by atoms with E-state index < -0.39 is 6.10 Å². The maximum atomic E-state index is 10.3. The first-order chi connectivity index (χ1) is 9.19. The molecule has 0 radical (unpaired) electrons. The Hall–Kier alpha value is -1.12. The van der Waals surface area contributed by atoms with E-state index in [-0.39, 0.29) is 12.0 Å². The largest absolute Gasteiger partial charge is 0.390 e. The Morgan fingerprint density at radius 1 is 1.32 bits per heavy atom. The number of aliphatic hydroxyl groups excluding tert-OH is 1. The molecule has 2 heteroatoms. The van der Waals surface area contributed by atoms with Crippen LogP contribution in [0.3, 0.4) is 0 Å². The Morgan fingerprint density at radius 2 is 2.00 bits per heavy atom. The second kappa shape index (κ2) is 8.89. The van der Waals surface area contributed by atoms with Crippen LogP contribution in [-0.4, -0.2) is 23.9 Å². The van der Waals surface area contributed by atoms with E-state index in [1.165, 1.54) is 5.56 Å². The van der Waals surface area contributed by atoms with Gasteiger partial charge in [-0.3, -0.25) is 0 Å². The van der Waals surface area contributed by atoms with Crippen molar-refractivity contribution in [1.29, 1.82) is 0 Å². The van der Waals surface area contributed by atoms with E-state index in [9.17, 15) is 5.11 Å². The van der Waals surface area contributed by atoms with Gasteiger partial charge in [-0.05, 0) is 25.3 Å². The molecule has 106 valence electrons. The number of rotatable bonds is 9. The molecule has 3 atom stereocenters. The van der Waals surface area contributed by atoms with Gasteiger partial charge in [0.25, 0.3) is 0 Å². The van der Waals surface area contributed by atoms with Crippen molar-refractivity contribution in [3.05, 3.63) is 48.6 Å². The number of aliphatic hydroxyl groups is 1. The average molecular weight is 262 g/mol. The van der Waals surface area contributed by atoms with Crippen LogP contribution in [0.2, 0.25) is 0 Å². The Kier molecular flexibility index (Phi) is 7.46. The van der Waals surface area contributed by atoms with Gasteiger partial charge in [-0.25, -0.2) is 0 Å². The Morgan fingerprint density at radius 3 is 2.58 bits per heavy atom. The van der Waals surface area contributed by atoms with Gasteiger partial charge in [-0.2, -0.15) is 0 Å². The fraction of sp³-hybridized carbons (Fsp3) is 0.529. The topological polar surface area (TPSA) is 29.5 Å². The highest BCUT2D eigenvalue weighted by molar-refractivity contribution is 5.16. The molecule has 2 nitrogen and oxygen atoms in total. The lowest BCUT2D eigenvalue weighted by Gasteiger charge is -2.25. The predicted octanol–water partition coefficient (Wildman–Crippen LogP) is 3.60. The molecular weight excluding hydrogens is 236 g/mol. The molecule has 0 aromatic heterocycles. The summed E-state index contributed by atoms with van der Waals surface area (Å²) in [6.45, 7) is 8.62. The van der Waals surface area contributed by atoms with Gasteiger partial charge in [-0.15, -0.1) is 6.58 Å². The van der Waals surface area contributed by atoms with Gasteiger partial charge in [0.15, 0.2) is 0 Å². The second-order valence-corrected chi connectivity index (χ2v) is 5.01. The van der Waals surface area contributed by atoms with Crippen molar-refractivity contribution >= 4 is 0 Å². The number of ether oxygens (including phenoxy) is 1. The summed E-state index contributed by atoms with van der Waals surface area (Å²) in [6, 6.07) is 10.2. The average Bonchev–Trinajstić information content (AvgIpc) is 2.45. The van der Waals surface area contributed by atoms with Crippen LogP contribution >= 0.6 is 0 Å². The summed E-state index contributed by atoms with van der Waals surface area (Å²) in [5.74, 6) is 0.0269. The molecule has 1 N–H and O–H groups in total. The molecule has 0 aliphatic heterocycles. The van der Waals surface area contributed by atoms with Crippen LogP contribution in [0, 0.1) is 5.92 Å². The van der Waals surface area contributed by atoms with Crippen LogP contribution < -0.4 is 0 Å². The number of benzene rings is 1. The molecule has 0 saturated heterocycles. The van der Waals surface area contributed by atoms with Gasteiger partial charge in [0, 0.05) is 12.5 Å². The van der Waals surface area contributed by atoms with Crippen molar-refractivity contribution in [3.8, 4) is 0 Å². The second-order valence-electron chi connectivity index (χ2n) is 5.01. The summed E-state index contributed by atoms with van der Waals surface area (Å²) in [6.07, 6.45) is 4.11. The molecule has 19 heavy (non-hydrogen) atoms. The lowest BCUT2D eigenvalue weighted by Crippen LogP contribution is -2.34. The Balaban J connectivity index is 2.51. The van der Waals surface area contributed by atoms with Crippen LogP contribution in [0.4, 0.5) is 0 Å². The standard InChI is InChI=1S/C17H26O2/c1-4-6-12-19-14(3)17(18)16(5-2)13-15-10-8-7-9-11-15/h5,7-11,14,16-18H,2,4,6,12-13H2,1,3H3/t14-,16+,17-/m0/s1. The zero-order chi connectivity index (χ0) is 14.1. The van der Waals surface area contributed by atoms with E-state index in [0.717, 1.165) is 19.3 Å². The minimum absolute atomic E-state index is 0.0269. The first-order valence-electron chi connectivity index (χ1n) is 7.15. The molecule has 0 aliphatic carbocycles. The summed E-state index contributed by atoms with van der Waals surface area (Å²) >= 11 is 0. The van der Waals surface area contributed by atoms with E-state index in [4.69, 9.17) is 4.74 Å². The maximum Gasteiger partial charge on any atom is 0.0864 e. The third-order valence-electron chi connectivity index (χ3n) is 3.42. The van der Waals surface area contributed by atoms with Crippen LogP contribution in [0.1, 0.15) is 32.3 Å². The van der Waals surface area contributed by atoms with Gasteiger partial charge < -0.3 is 9.84 Å². The number of unbranched alkanes of at least 4 members (excludes halogenated alkanes) is 1. The van der Waals surface area contributed by atoms with Crippen LogP contribution in [-0.2, 0) is 11.2 Å². The summed E-state index contributed by atoms with van der Waals surface area (Å²) in [5, 5.41) is 10.3. The first kappa shape index (κ1) is 15.9.